The highest BCUT2D eigenvalue weighted by atomic mass is 32.2. The highest BCUT2D eigenvalue weighted by Gasteiger charge is 2.00. The standard InChI is InChI=1S/C14H22O4S/c1-19(15,16)18-13-9-4-2-3-8-12-17-14-10-6-5-7-11-14/h5-7,10-11H,2-4,8-9,12-13H2,1H3. The molecule has 1 rings (SSSR count). The van der Waals surface area contributed by atoms with E-state index in [0.29, 0.717) is 6.61 Å². The molecule has 0 aliphatic heterocycles. The maximum atomic E-state index is 10.7. The predicted molar refractivity (Wildman–Crippen MR) is 75.8 cm³/mol. The summed E-state index contributed by atoms with van der Waals surface area (Å²) < 4.78 is 31.6. The molecule has 4 nitrogen and oxygen atoms in total. The second-order valence-electron chi connectivity index (χ2n) is 4.46. The molecule has 0 aliphatic carbocycles. The molecule has 0 aromatic heterocycles. The lowest BCUT2D eigenvalue weighted by Gasteiger charge is -2.05. The maximum Gasteiger partial charge on any atom is 0.264 e. The van der Waals surface area contributed by atoms with Gasteiger partial charge in [-0.3, -0.25) is 4.18 Å². The van der Waals surface area contributed by atoms with Crippen LogP contribution in [0.5, 0.6) is 5.75 Å². The fraction of sp³-hybridized carbons (Fsp3) is 0.571. The van der Waals surface area contributed by atoms with Gasteiger partial charge in [0.1, 0.15) is 5.75 Å². The average molecular weight is 286 g/mol. The number of ether oxygens (including phenoxy) is 1. The lowest BCUT2D eigenvalue weighted by atomic mass is 10.1. The summed E-state index contributed by atoms with van der Waals surface area (Å²) in [6.45, 7) is 1.02. The van der Waals surface area contributed by atoms with Crippen molar-refractivity contribution in [3.63, 3.8) is 0 Å². The van der Waals surface area contributed by atoms with E-state index >= 15 is 0 Å². The van der Waals surface area contributed by atoms with Crippen LogP contribution in [0.1, 0.15) is 32.1 Å². The van der Waals surface area contributed by atoms with Gasteiger partial charge in [-0.05, 0) is 25.0 Å². The lowest BCUT2D eigenvalue weighted by Crippen LogP contribution is -2.04. The molecule has 0 amide bonds. The summed E-state index contributed by atoms with van der Waals surface area (Å²) in [5.74, 6) is 0.907. The zero-order valence-corrected chi connectivity index (χ0v) is 12.2. The van der Waals surface area contributed by atoms with Crippen LogP contribution in [0.15, 0.2) is 30.3 Å². The predicted octanol–water partition coefficient (Wildman–Crippen LogP) is 2.99. The summed E-state index contributed by atoms with van der Waals surface area (Å²) in [5.41, 5.74) is 0. The molecule has 0 spiro atoms. The van der Waals surface area contributed by atoms with Crippen LogP contribution in [0.2, 0.25) is 0 Å². The van der Waals surface area contributed by atoms with Gasteiger partial charge in [0.25, 0.3) is 10.1 Å². The molecule has 0 saturated carbocycles. The third-order valence-electron chi connectivity index (χ3n) is 2.60. The Hall–Kier alpha value is -1.07. The minimum Gasteiger partial charge on any atom is -0.494 e. The van der Waals surface area contributed by atoms with Gasteiger partial charge in [0.15, 0.2) is 0 Å². The zero-order chi connectivity index (χ0) is 14.0. The van der Waals surface area contributed by atoms with Crippen LogP contribution in [-0.2, 0) is 14.3 Å². The number of benzene rings is 1. The topological polar surface area (TPSA) is 52.6 Å². The summed E-state index contributed by atoms with van der Waals surface area (Å²) in [4.78, 5) is 0. The molecule has 1 aromatic carbocycles. The fourth-order valence-electron chi connectivity index (χ4n) is 1.65. The molecule has 0 saturated heterocycles. The highest BCUT2D eigenvalue weighted by molar-refractivity contribution is 7.85. The van der Waals surface area contributed by atoms with E-state index in [0.717, 1.165) is 50.7 Å². The first-order valence-electron chi connectivity index (χ1n) is 6.60. The van der Waals surface area contributed by atoms with Crippen LogP contribution in [0.25, 0.3) is 0 Å². The highest BCUT2D eigenvalue weighted by Crippen LogP contribution is 2.10. The van der Waals surface area contributed by atoms with Crippen molar-refractivity contribution >= 4 is 10.1 Å². The van der Waals surface area contributed by atoms with Crippen LogP contribution < -0.4 is 4.74 Å². The first kappa shape index (κ1) is 16.0. The minimum absolute atomic E-state index is 0.291. The molecule has 0 heterocycles. The third kappa shape index (κ3) is 9.50. The van der Waals surface area contributed by atoms with Crippen molar-refractivity contribution in [1.82, 2.24) is 0 Å². The molecule has 0 bridgehead atoms. The summed E-state index contributed by atoms with van der Waals surface area (Å²) in [7, 11) is -3.28. The molecule has 5 heteroatoms. The molecule has 0 radical (unpaired) electrons. The Morgan fingerprint density at radius 1 is 0.895 bits per heavy atom. The van der Waals surface area contributed by atoms with Crippen LogP contribution in [0, 0.1) is 0 Å². The average Bonchev–Trinajstić information content (AvgIpc) is 2.37. The van der Waals surface area contributed by atoms with E-state index < -0.39 is 10.1 Å². The van der Waals surface area contributed by atoms with E-state index in [1.165, 1.54) is 0 Å². The van der Waals surface area contributed by atoms with E-state index in [-0.39, 0.29) is 0 Å². The van der Waals surface area contributed by atoms with Crippen molar-refractivity contribution in [2.24, 2.45) is 0 Å². The number of unbranched alkanes of at least 4 members (excludes halogenated alkanes) is 4. The lowest BCUT2D eigenvalue weighted by molar-refractivity contribution is 0.296. The number of hydrogen-bond acceptors (Lipinski definition) is 4. The SMILES string of the molecule is CS(=O)(=O)OCCCCCCCOc1ccccc1. The second-order valence-corrected chi connectivity index (χ2v) is 6.10. The van der Waals surface area contributed by atoms with Gasteiger partial charge < -0.3 is 4.74 Å². The summed E-state index contributed by atoms with van der Waals surface area (Å²) in [6.07, 6.45) is 6.03. The van der Waals surface area contributed by atoms with Gasteiger partial charge in [0.2, 0.25) is 0 Å². The van der Waals surface area contributed by atoms with Crippen molar-refractivity contribution < 1.29 is 17.3 Å². The second kappa shape index (κ2) is 8.93. The summed E-state index contributed by atoms with van der Waals surface area (Å²) >= 11 is 0. The molecular formula is C14H22O4S. The van der Waals surface area contributed by atoms with Crippen molar-refractivity contribution in [3.8, 4) is 5.75 Å². The molecular weight excluding hydrogens is 264 g/mol. The zero-order valence-electron chi connectivity index (χ0n) is 11.4. The minimum atomic E-state index is -3.28. The summed E-state index contributed by atoms with van der Waals surface area (Å²) in [6, 6.07) is 9.77. The van der Waals surface area contributed by atoms with Crippen LogP contribution in [0.4, 0.5) is 0 Å². The number of rotatable bonds is 10. The normalized spacial score (nSPS) is 11.4. The van der Waals surface area contributed by atoms with Gasteiger partial charge in [-0.1, -0.05) is 37.5 Å². The maximum absolute atomic E-state index is 10.7. The van der Waals surface area contributed by atoms with Crippen LogP contribution >= 0.6 is 0 Å². The van der Waals surface area contributed by atoms with Gasteiger partial charge in [0.05, 0.1) is 19.5 Å². The van der Waals surface area contributed by atoms with Gasteiger partial charge in [-0.25, -0.2) is 0 Å². The van der Waals surface area contributed by atoms with Crippen LogP contribution in [0.3, 0.4) is 0 Å². The first-order valence-corrected chi connectivity index (χ1v) is 8.42. The first-order chi connectivity index (χ1) is 9.08. The molecule has 0 atom stereocenters. The Kier molecular flexibility index (Phi) is 7.52. The van der Waals surface area contributed by atoms with Gasteiger partial charge in [-0.2, -0.15) is 8.42 Å². The van der Waals surface area contributed by atoms with Crippen LogP contribution in [-0.4, -0.2) is 27.9 Å². The van der Waals surface area contributed by atoms with Gasteiger partial charge in [-0.15, -0.1) is 0 Å². The monoisotopic (exact) mass is 286 g/mol. The Labute approximate surface area is 115 Å². The number of hydrogen-bond donors (Lipinski definition) is 0. The van der Waals surface area contributed by atoms with E-state index in [2.05, 4.69) is 4.18 Å². The van der Waals surface area contributed by atoms with Crippen molar-refractivity contribution in [1.29, 1.82) is 0 Å². The Bertz CT molecular complexity index is 428. The molecule has 0 N–H and O–H groups in total. The van der Waals surface area contributed by atoms with Gasteiger partial charge in [0, 0.05) is 0 Å². The Morgan fingerprint density at radius 2 is 1.47 bits per heavy atom. The molecule has 1 aromatic rings. The Morgan fingerprint density at radius 3 is 2.11 bits per heavy atom. The van der Waals surface area contributed by atoms with E-state index in [1.807, 2.05) is 30.3 Å². The molecule has 0 aliphatic rings. The fourth-order valence-corrected chi connectivity index (χ4v) is 2.07. The van der Waals surface area contributed by atoms with E-state index in [1.54, 1.807) is 0 Å². The van der Waals surface area contributed by atoms with E-state index in [9.17, 15) is 8.42 Å². The van der Waals surface area contributed by atoms with Crippen molar-refractivity contribution in [3.05, 3.63) is 30.3 Å². The number of para-hydroxylation sites is 1. The van der Waals surface area contributed by atoms with E-state index in [4.69, 9.17) is 4.74 Å². The Balaban J connectivity index is 1.89. The molecule has 0 unspecified atom stereocenters. The van der Waals surface area contributed by atoms with Crippen molar-refractivity contribution in [2.45, 2.75) is 32.1 Å². The van der Waals surface area contributed by atoms with Gasteiger partial charge >= 0.3 is 0 Å². The molecule has 108 valence electrons. The summed E-state index contributed by atoms with van der Waals surface area (Å²) in [5, 5.41) is 0. The molecule has 19 heavy (non-hydrogen) atoms. The smallest absolute Gasteiger partial charge is 0.264 e. The van der Waals surface area contributed by atoms with Crippen molar-refractivity contribution in [2.75, 3.05) is 19.5 Å². The largest absolute Gasteiger partial charge is 0.494 e. The third-order valence-corrected chi connectivity index (χ3v) is 3.19. The molecule has 0 fully saturated rings. The quantitative estimate of drug-likeness (QED) is 0.490.